The average Bonchev–Trinajstić information content (AvgIpc) is 3.14. The van der Waals surface area contributed by atoms with Crippen molar-refractivity contribution in [2.45, 2.75) is 44.2 Å². The van der Waals surface area contributed by atoms with E-state index in [1.54, 1.807) is 7.11 Å². The van der Waals surface area contributed by atoms with Crippen LogP contribution in [0.5, 0.6) is 0 Å². The molecule has 3 aliphatic rings. The summed E-state index contributed by atoms with van der Waals surface area (Å²) in [4.78, 5) is 29.8. The van der Waals surface area contributed by atoms with Gasteiger partial charge in [-0.3, -0.25) is 14.5 Å². The molecule has 1 N–H and O–H groups in total. The van der Waals surface area contributed by atoms with E-state index in [2.05, 4.69) is 34.5 Å². The number of carbonyl (C=O) groups excluding carboxylic acids is 2. The molecule has 1 aliphatic carbocycles. The number of fused-ring (bicyclic) bond motifs is 1. The monoisotopic (exact) mass is 385 g/mol. The van der Waals surface area contributed by atoms with E-state index in [0.29, 0.717) is 18.5 Å². The molecule has 2 saturated heterocycles. The van der Waals surface area contributed by atoms with Crippen LogP contribution in [0.4, 0.5) is 0 Å². The summed E-state index contributed by atoms with van der Waals surface area (Å²) in [5.74, 6) is 0.656. The highest BCUT2D eigenvalue weighted by atomic mass is 16.5. The fourth-order valence-electron chi connectivity index (χ4n) is 5.03. The number of ether oxygens (including phenoxy) is 1. The van der Waals surface area contributed by atoms with Crippen LogP contribution in [0.2, 0.25) is 0 Å². The summed E-state index contributed by atoms with van der Waals surface area (Å²) in [5.41, 5.74) is 2.76. The van der Waals surface area contributed by atoms with Crippen LogP contribution in [0.3, 0.4) is 0 Å². The first-order valence-electron chi connectivity index (χ1n) is 10.5. The highest BCUT2D eigenvalue weighted by Gasteiger charge is 2.39. The summed E-state index contributed by atoms with van der Waals surface area (Å²) in [7, 11) is 1.73. The lowest BCUT2D eigenvalue weighted by atomic mass is 9.96. The summed E-state index contributed by atoms with van der Waals surface area (Å²) in [6.45, 7) is 3.80. The lowest BCUT2D eigenvalue weighted by Crippen LogP contribution is -2.60. The molecule has 0 radical (unpaired) electrons. The van der Waals surface area contributed by atoms with Gasteiger partial charge in [-0.1, -0.05) is 24.3 Å². The summed E-state index contributed by atoms with van der Waals surface area (Å²) in [6.07, 6.45) is 4.19. The molecule has 0 spiro atoms. The van der Waals surface area contributed by atoms with Gasteiger partial charge >= 0.3 is 0 Å². The molecule has 2 aliphatic heterocycles. The molecule has 28 heavy (non-hydrogen) atoms. The third kappa shape index (κ3) is 4.08. The number of piperidine rings is 1. The summed E-state index contributed by atoms with van der Waals surface area (Å²) in [6, 6.07) is 8.50. The third-order valence-electron chi connectivity index (χ3n) is 6.61. The predicted molar refractivity (Wildman–Crippen MR) is 107 cm³/mol. The van der Waals surface area contributed by atoms with Gasteiger partial charge in [-0.05, 0) is 42.7 Å². The van der Waals surface area contributed by atoms with Crippen molar-refractivity contribution in [2.24, 2.45) is 5.92 Å². The van der Waals surface area contributed by atoms with Gasteiger partial charge in [-0.2, -0.15) is 0 Å². The minimum absolute atomic E-state index is 0.00447. The Bertz CT molecular complexity index is 690. The molecule has 1 atom stereocenters. The van der Waals surface area contributed by atoms with Crippen molar-refractivity contribution in [2.75, 3.05) is 39.9 Å². The van der Waals surface area contributed by atoms with Crippen LogP contribution in [0, 0.1) is 5.92 Å². The summed E-state index contributed by atoms with van der Waals surface area (Å²) < 4.78 is 5.25. The van der Waals surface area contributed by atoms with Crippen LogP contribution in [0.15, 0.2) is 24.3 Å². The Morgan fingerprint density at radius 2 is 1.82 bits per heavy atom. The number of benzene rings is 1. The van der Waals surface area contributed by atoms with Crippen LogP contribution in [0.25, 0.3) is 0 Å². The Morgan fingerprint density at radius 3 is 2.46 bits per heavy atom. The van der Waals surface area contributed by atoms with Crippen molar-refractivity contribution in [3.8, 4) is 0 Å². The Hall–Kier alpha value is -1.92. The van der Waals surface area contributed by atoms with Crippen LogP contribution >= 0.6 is 0 Å². The molecule has 4 rings (SSSR count). The number of hydrogen-bond donors (Lipinski definition) is 1. The first kappa shape index (κ1) is 19.4. The van der Waals surface area contributed by atoms with Crippen molar-refractivity contribution in [3.05, 3.63) is 35.4 Å². The van der Waals surface area contributed by atoms with Gasteiger partial charge < -0.3 is 15.0 Å². The highest BCUT2D eigenvalue weighted by Crippen LogP contribution is 2.28. The van der Waals surface area contributed by atoms with E-state index in [-0.39, 0.29) is 24.3 Å². The quantitative estimate of drug-likeness (QED) is 0.828. The molecule has 0 unspecified atom stereocenters. The van der Waals surface area contributed by atoms with Crippen LogP contribution < -0.4 is 5.32 Å². The lowest BCUT2D eigenvalue weighted by molar-refractivity contribution is -0.140. The molecule has 152 valence electrons. The summed E-state index contributed by atoms with van der Waals surface area (Å²) >= 11 is 0. The number of carbonyl (C=O) groups is 2. The second-order valence-corrected chi connectivity index (χ2v) is 8.36. The molecule has 1 aromatic rings. The van der Waals surface area contributed by atoms with E-state index in [9.17, 15) is 9.59 Å². The zero-order valence-electron chi connectivity index (χ0n) is 16.7. The third-order valence-corrected chi connectivity index (χ3v) is 6.61. The number of nitrogens with zero attached hydrogens (tertiary/aromatic N) is 2. The number of methoxy groups -OCH3 is 1. The number of rotatable bonds is 5. The lowest BCUT2D eigenvalue weighted by Gasteiger charge is -2.40. The first-order chi connectivity index (χ1) is 13.7. The van der Waals surface area contributed by atoms with Gasteiger partial charge in [0.2, 0.25) is 11.8 Å². The number of nitrogens with one attached hydrogen (secondary N) is 1. The Kier molecular flexibility index (Phi) is 5.97. The number of piperazine rings is 1. The number of likely N-dealkylation sites (tertiary alicyclic amines) is 1. The minimum atomic E-state index is -0.350. The maximum absolute atomic E-state index is 12.9. The van der Waals surface area contributed by atoms with E-state index in [1.807, 2.05) is 4.90 Å². The Morgan fingerprint density at radius 1 is 1.14 bits per heavy atom. The van der Waals surface area contributed by atoms with Gasteiger partial charge in [0.05, 0.1) is 12.5 Å². The fourth-order valence-corrected chi connectivity index (χ4v) is 5.03. The van der Waals surface area contributed by atoms with E-state index in [1.165, 1.54) is 11.1 Å². The van der Waals surface area contributed by atoms with E-state index in [4.69, 9.17) is 4.74 Å². The molecule has 2 fully saturated rings. The topological polar surface area (TPSA) is 61.9 Å². The van der Waals surface area contributed by atoms with Gasteiger partial charge in [0.25, 0.3) is 0 Å². The standard InChI is InChI=1S/C22H31N3O3/c1-28-15-16-6-9-24(10-7-16)21(26)14-20-22(27)23-8-11-25(20)19-12-17-4-2-3-5-18(17)13-19/h2-5,16,19-20H,6-15H2,1H3,(H,23,27)/t20-/m0/s1. The zero-order chi connectivity index (χ0) is 19.5. The minimum Gasteiger partial charge on any atom is -0.384 e. The largest absolute Gasteiger partial charge is 0.384 e. The van der Waals surface area contributed by atoms with E-state index < -0.39 is 0 Å². The molecular formula is C22H31N3O3. The van der Waals surface area contributed by atoms with Crippen molar-refractivity contribution in [1.82, 2.24) is 15.1 Å². The number of hydrogen-bond acceptors (Lipinski definition) is 4. The van der Waals surface area contributed by atoms with Crippen LogP contribution in [0.1, 0.15) is 30.4 Å². The van der Waals surface area contributed by atoms with Gasteiger partial charge in [0.15, 0.2) is 0 Å². The Labute approximate surface area is 167 Å². The number of amides is 2. The molecular weight excluding hydrogens is 354 g/mol. The average molecular weight is 386 g/mol. The van der Waals surface area contributed by atoms with Gasteiger partial charge in [0.1, 0.15) is 0 Å². The van der Waals surface area contributed by atoms with Crippen molar-refractivity contribution >= 4 is 11.8 Å². The second kappa shape index (κ2) is 8.62. The maximum Gasteiger partial charge on any atom is 0.237 e. The molecule has 1 aromatic carbocycles. The van der Waals surface area contributed by atoms with Crippen LogP contribution in [-0.4, -0.2) is 73.6 Å². The fraction of sp³-hybridized carbons (Fsp3) is 0.636. The first-order valence-corrected chi connectivity index (χ1v) is 10.5. The van der Waals surface area contributed by atoms with Gasteiger partial charge in [0, 0.05) is 45.9 Å². The molecule has 0 bridgehead atoms. The SMILES string of the molecule is COCC1CCN(C(=O)C[C@H]2C(=O)NCCN2C2Cc3ccccc3C2)CC1. The van der Waals surface area contributed by atoms with E-state index in [0.717, 1.165) is 51.9 Å². The smallest absolute Gasteiger partial charge is 0.237 e. The Balaban J connectivity index is 1.39. The van der Waals surface area contributed by atoms with Gasteiger partial charge in [-0.25, -0.2) is 0 Å². The van der Waals surface area contributed by atoms with Crippen molar-refractivity contribution < 1.29 is 14.3 Å². The van der Waals surface area contributed by atoms with Gasteiger partial charge in [-0.15, -0.1) is 0 Å². The molecule has 0 saturated carbocycles. The highest BCUT2D eigenvalue weighted by molar-refractivity contribution is 5.89. The molecule has 6 heteroatoms. The van der Waals surface area contributed by atoms with Crippen LogP contribution in [-0.2, 0) is 27.2 Å². The van der Waals surface area contributed by atoms with Crippen molar-refractivity contribution in [3.63, 3.8) is 0 Å². The van der Waals surface area contributed by atoms with Crippen molar-refractivity contribution in [1.29, 1.82) is 0 Å². The molecule has 2 heterocycles. The molecule has 6 nitrogen and oxygen atoms in total. The molecule has 2 amide bonds. The second-order valence-electron chi connectivity index (χ2n) is 8.36. The summed E-state index contributed by atoms with van der Waals surface area (Å²) in [5, 5.41) is 2.97. The zero-order valence-corrected chi connectivity index (χ0v) is 16.7. The van der Waals surface area contributed by atoms with E-state index >= 15 is 0 Å². The normalized spacial score (nSPS) is 24.2. The molecule has 0 aromatic heterocycles. The predicted octanol–water partition coefficient (Wildman–Crippen LogP) is 1.23. The maximum atomic E-state index is 12.9.